The van der Waals surface area contributed by atoms with Gasteiger partial charge in [0.15, 0.2) is 0 Å². The lowest BCUT2D eigenvalue weighted by molar-refractivity contribution is -0.136. The van der Waals surface area contributed by atoms with E-state index in [1.807, 2.05) is 50.3 Å². The van der Waals surface area contributed by atoms with Crippen molar-refractivity contribution >= 4 is 17.5 Å². The zero-order valence-electron chi connectivity index (χ0n) is 37.7. The van der Waals surface area contributed by atoms with Crippen LogP contribution in [0.2, 0.25) is 0 Å². The van der Waals surface area contributed by atoms with Crippen LogP contribution in [0.25, 0.3) is 5.57 Å². The van der Waals surface area contributed by atoms with E-state index in [9.17, 15) is 14.7 Å². The molecule has 2 aliphatic rings. The quantitative estimate of drug-likeness (QED) is 0.0878. The van der Waals surface area contributed by atoms with Gasteiger partial charge < -0.3 is 29.3 Å². The molecule has 0 spiro atoms. The average molecular weight is 885 g/mol. The van der Waals surface area contributed by atoms with Crippen LogP contribution in [0.3, 0.4) is 0 Å². The summed E-state index contributed by atoms with van der Waals surface area (Å²) in [6.07, 6.45) is 9.19. The van der Waals surface area contributed by atoms with Crippen LogP contribution in [0, 0.1) is 29.6 Å². The van der Waals surface area contributed by atoms with Gasteiger partial charge in [-0.15, -0.1) is 0 Å². The van der Waals surface area contributed by atoms with Crippen molar-refractivity contribution in [2.45, 2.75) is 58.8 Å². The number of carboxylic acids is 1. The fourth-order valence-corrected chi connectivity index (χ4v) is 7.75. The number of rotatable bonds is 12. The number of phenolic OH excluding ortho intramolecular Hbond substituents is 1. The van der Waals surface area contributed by atoms with Crippen LogP contribution < -0.4 is 9.47 Å². The highest BCUT2D eigenvalue weighted by atomic mass is 16.5. The number of benzene rings is 5. The van der Waals surface area contributed by atoms with Crippen molar-refractivity contribution in [2.24, 2.45) is 0 Å². The van der Waals surface area contributed by atoms with Crippen molar-refractivity contribution in [3.8, 4) is 29.4 Å². The lowest BCUT2D eigenvalue weighted by Gasteiger charge is -2.18. The highest BCUT2D eigenvalue weighted by Gasteiger charge is 2.32. The second-order valence-electron chi connectivity index (χ2n) is 16.0. The van der Waals surface area contributed by atoms with Gasteiger partial charge in [-0.25, -0.2) is 14.5 Å². The molecular formula is C53H52N6O7. The summed E-state index contributed by atoms with van der Waals surface area (Å²) in [6.45, 7) is 5.48. The Labute approximate surface area is 385 Å². The predicted molar refractivity (Wildman–Crippen MR) is 250 cm³/mol. The van der Waals surface area contributed by atoms with Crippen molar-refractivity contribution in [1.29, 1.82) is 10.5 Å². The Balaban J connectivity index is 0.000000164. The number of carbonyl (C=O) groups excluding carboxylic acids is 1. The topological polar surface area (TPSA) is 184 Å². The minimum atomic E-state index is -0.853. The zero-order valence-corrected chi connectivity index (χ0v) is 37.7. The molecule has 0 amide bonds. The van der Waals surface area contributed by atoms with E-state index < -0.39 is 11.9 Å². The molecule has 336 valence electrons. The Bertz CT molecular complexity index is 2690. The van der Waals surface area contributed by atoms with Crippen LogP contribution in [0.15, 0.2) is 127 Å². The minimum absolute atomic E-state index is 0.0565. The third-order valence-electron chi connectivity index (χ3n) is 11.2. The van der Waals surface area contributed by atoms with Crippen molar-refractivity contribution in [3.05, 3.63) is 189 Å². The van der Waals surface area contributed by atoms with Gasteiger partial charge in [0.1, 0.15) is 54.7 Å². The number of carbonyl (C=O) groups is 2. The number of fused-ring (bicyclic) bond motifs is 3. The molecule has 5 aromatic carbocycles. The fourth-order valence-electron chi connectivity index (χ4n) is 7.75. The molecule has 0 atom stereocenters. The van der Waals surface area contributed by atoms with Gasteiger partial charge in [0, 0.05) is 29.7 Å². The Morgan fingerprint density at radius 3 is 2.14 bits per heavy atom. The number of para-hydroxylation sites is 1. The smallest absolute Gasteiger partial charge is 0.342 e. The van der Waals surface area contributed by atoms with E-state index in [2.05, 4.69) is 89.8 Å². The molecule has 0 fully saturated rings. The van der Waals surface area contributed by atoms with E-state index in [0.717, 1.165) is 41.0 Å². The maximum absolute atomic E-state index is 11.8. The number of aromatic hydroxyl groups is 1. The van der Waals surface area contributed by atoms with Gasteiger partial charge in [0.05, 0.1) is 30.4 Å². The summed E-state index contributed by atoms with van der Waals surface area (Å²) in [4.78, 5) is 28.6. The first-order valence-electron chi connectivity index (χ1n) is 21.4. The third kappa shape index (κ3) is 11.6. The molecule has 3 heterocycles. The van der Waals surface area contributed by atoms with Gasteiger partial charge >= 0.3 is 11.9 Å². The standard InChI is InChI=1S/C19H21NO.C17H11N5.C17H20O6/c1-20(2)13-7-11-17-16-9-4-3-8-15(16)14-21-19-12-6-5-10-18(17)19;18-9-13-1-5-15(6-2-13)17(22-12-20-11-21-22)16-7-3-14(10-19)4-8-16;1-9(5-7-13(18)19)4-6-11-15(20)14-12(8-23-17(14)21)10(2)16(11)22-3/h3-6,8-12H,7,13-14H2,1-2H3;1-8,11-12,17H;4,20H,5-8H2,1-3H3,(H,18,19)/b;;9-4+. The van der Waals surface area contributed by atoms with Crippen molar-refractivity contribution in [1.82, 2.24) is 19.7 Å². The third-order valence-corrected chi connectivity index (χ3v) is 11.2. The molecule has 0 radical (unpaired) electrons. The first-order valence-corrected chi connectivity index (χ1v) is 21.4. The van der Waals surface area contributed by atoms with E-state index in [-0.39, 0.29) is 30.4 Å². The van der Waals surface area contributed by atoms with Crippen molar-refractivity contribution in [3.63, 3.8) is 0 Å². The number of phenols is 1. The normalized spacial score (nSPS) is 13.0. The van der Waals surface area contributed by atoms with Crippen LogP contribution >= 0.6 is 0 Å². The number of esters is 1. The van der Waals surface area contributed by atoms with Gasteiger partial charge in [-0.3, -0.25) is 4.79 Å². The first-order chi connectivity index (χ1) is 31.9. The van der Waals surface area contributed by atoms with Crippen LogP contribution in [-0.2, 0) is 29.2 Å². The maximum Gasteiger partial charge on any atom is 0.342 e. The molecule has 0 unspecified atom stereocenters. The highest BCUT2D eigenvalue weighted by molar-refractivity contribution is 5.98. The predicted octanol–water partition coefficient (Wildman–Crippen LogP) is 9.35. The van der Waals surface area contributed by atoms with Crippen LogP contribution in [0.5, 0.6) is 17.2 Å². The van der Waals surface area contributed by atoms with Crippen LogP contribution in [-0.4, -0.2) is 69.6 Å². The summed E-state index contributed by atoms with van der Waals surface area (Å²) < 4.78 is 18.1. The second-order valence-corrected chi connectivity index (χ2v) is 16.0. The SMILES string of the molecule is CN(C)CCC=C1c2ccccc2COc2ccccc21.COc1c(C)c2c(c(O)c1C/C=C(\C)CCC(=O)O)C(=O)OC2.N#Cc1ccc(C(c2ccc(C#N)cc2)n2cncn2)cc1. The average Bonchev–Trinajstić information content (AvgIpc) is 3.98. The largest absolute Gasteiger partial charge is 0.507 e. The van der Waals surface area contributed by atoms with Crippen molar-refractivity contribution < 1.29 is 34.0 Å². The number of hydrogen-bond acceptors (Lipinski definition) is 11. The summed E-state index contributed by atoms with van der Waals surface area (Å²) in [7, 11) is 5.73. The van der Waals surface area contributed by atoms with E-state index in [1.54, 1.807) is 35.3 Å². The lowest BCUT2D eigenvalue weighted by atomic mass is 9.93. The molecule has 0 bridgehead atoms. The second kappa shape index (κ2) is 22.6. The molecular weight excluding hydrogens is 833 g/mol. The van der Waals surface area contributed by atoms with E-state index >= 15 is 0 Å². The van der Waals surface area contributed by atoms with E-state index in [4.69, 9.17) is 29.8 Å². The molecule has 0 aliphatic carbocycles. The van der Waals surface area contributed by atoms with Gasteiger partial charge in [-0.1, -0.05) is 84.5 Å². The summed E-state index contributed by atoms with van der Waals surface area (Å²) in [5, 5.41) is 41.2. The number of methoxy groups -OCH3 is 1. The van der Waals surface area contributed by atoms with Gasteiger partial charge in [0.25, 0.3) is 0 Å². The summed E-state index contributed by atoms with van der Waals surface area (Å²) in [6, 6.07) is 35.7. The highest BCUT2D eigenvalue weighted by Crippen LogP contribution is 2.42. The molecule has 1 aromatic heterocycles. The number of aliphatic carboxylic acids is 1. The molecule has 8 rings (SSSR count). The Kier molecular flexibility index (Phi) is 16.2. The minimum Gasteiger partial charge on any atom is -0.507 e. The van der Waals surface area contributed by atoms with Crippen LogP contribution in [0.1, 0.15) is 98.2 Å². The molecule has 0 saturated heterocycles. The Morgan fingerprint density at radius 2 is 1.55 bits per heavy atom. The molecule has 2 N–H and O–H groups in total. The molecule has 0 saturated carbocycles. The van der Waals surface area contributed by atoms with E-state index in [0.29, 0.717) is 47.5 Å². The van der Waals surface area contributed by atoms with E-state index in [1.165, 1.54) is 35.7 Å². The molecule has 13 nitrogen and oxygen atoms in total. The maximum atomic E-state index is 11.8. The number of cyclic esters (lactones) is 1. The number of aromatic nitrogens is 3. The number of nitriles is 2. The number of hydrogen-bond donors (Lipinski definition) is 2. The van der Waals surface area contributed by atoms with Crippen molar-refractivity contribution in [2.75, 3.05) is 27.7 Å². The number of nitrogens with zero attached hydrogens (tertiary/aromatic N) is 6. The number of carboxylic acid groups (broad SMARTS) is 1. The molecule has 66 heavy (non-hydrogen) atoms. The van der Waals surface area contributed by atoms with Gasteiger partial charge in [-0.05, 0) is 111 Å². The van der Waals surface area contributed by atoms with Crippen LogP contribution in [0.4, 0.5) is 0 Å². The number of allylic oxidation sites excluding steroid dienone is 2. The molecule has 6 aromatic rings. The van der Waals surface area contributed by atoms with Gasteiger partial charge in [0.2, 0.25) is 0 Å². The summed E-state index contributed by atoms with van der Waals surface area (Å²) >= 11 is 0. The Hall–Kier alpha value is -8.00. The fraction of sp³-hybridized carbons (Fsp3) is 0.245. The zero-order chi connectivity index (χ0) is 47.2. The van der Waals surface area contributed by atoms with Gasteiger partial charge in [-0.2, -0.15) is 15.6 Å². The lowest BCUT2D eigenvalue weighted by Crippen LogP contribution is -2.13. The first kappa shape index (κ1) is 47.5. The number of ether oxygens (including phenoxy) is 3. The summed E-state index contributed by atoms with van der Waals surface area (Å²) in [5.74, 6) is 0.00394. The molecule has 13 heteroatoms. The molecule has 2 aliphatic heterocycles. The monoisotopic (exact) mass is 884 g/mol. The summed E-state index contributed by atoms with van der Waals surface area (Å²) in [5.41, 5.74) is 11.3. The Morgan fingerprint density at radius 1 is 0.909 bits per heavy atom.